The van der Waals surface area contributed by atoms with Crippen LogP contribution >= 0.6 is 11.8 Å². The number of thioether (sulfide) groups is 1. The van der Waals surface area contributed by atoms with E-state index in [0.29, 0.717) is 6.42 Å². The van der Waals surface area contributed by atoms with Gasteiger partial charge < -0.3 is 14.2 Å². The molecule has 94 valence electrons. The minimum Gasteiger partial charge on any atom is -0.469 e. The van der Waals surface area contributed by atoms with E-state index in [1.54, 1.807) is 26.0 Å². The van der Waals surface area contributed by atoms with Gasteiger partial charge in [0.1, 0.15) is 0 Å². The van der Waals surface area contributed by atoms with Crippen LogP contribution in [0.3, 0.4) is 0 Å². The lowest BCUT2D eigenvalue weighted by Crippen LogP contribution is -2.18. The molecule has 0 bridgehead atoms. The molecule has 1 rings (SSSR count). The summed E-state index contributed by atoms with van der Waals surface area (Å²) in [6.45, 7) is 0. The van der Waals surface area contributed by atoms with Gasteiger partial charge in [0.15, 0.2) is 6.29 Å². The van der Waals surface area contributed by atoms with E-state index in [2.05, 4.69) is 0 Å². The van der Waals surface area contributed by atoms with E-state index >= 15 is 0 Å². The number of carbonyl (C=O) groups is 1. The second kappa shape index (κ2) is 6.47. The topological polar surface area (TPSA) is 44.8 Å². The van der Waals surface area contributed by atoms with Crippen LogP contribution in [-0.4, -0.2) is 45.1 Å². The van der Waals surface area contributed by atoms with Gasteiger partial charge in [-0.15, -0.1) is 0 Å². The molecule has 0 N–H and O–H groups in total. The van der Waals surface area contributed by atoms with E-state index in [0.717, 1.165) is 24.3 Å². The molecule has 1 fully saturated rings. The van der Waals surface area contributed by atoms with Crippen molar-refractivity contribution >= 4 is 17.7 Å². The molecule has 0 heterocycles. The van der Waals surface area contributed by atoms with Crippen LogP contribution < -0.4 is 0 Å². The highest BCUT2D eigenvalue weighted by Gasteiger charge is 2.44. The van der Waals surface area contributed by atoms with Crippen molar-refractivity contribution in [2.75, 3.05) is 32.8 Å². The zero-order valence-electron chi connectivity index (χ0n) is 10.2. The van der Waals surface area contributed by atoms with Gasteiger partial charge in [0, 0.05) is 20.0 Å². The summed E-state index contributed by atoms with van der Waals surface area (Å²) in [7, 11) is 4.71. The Morgan fingerprint density at radius 3 is 2.38 bits per heavy atom. The van der Waals surface area contributed by atoms with Crippen molar-refractivity contribution in [2.45, 2.75) is 25.6 Å². The number of hydrogen-bond donors (Lipinski definition) is 0. The SMILES string of the molecule is COC(=O)CC1(CSCC(OC)OC)CC1. The zero-order valence-corrected chi connectivity index (χ0v) is 11.0. The number of ether oxygens (including phenoxy) is 3. The molecule has 0 radical (unpaired) electrons. The summed E-state index contributed by atoms with van der Waals surface area (Å²) in [5, 5.41) is 0. The summed E-state index contributed by atoms with van der Waals surface area (Å²) in [6.07, 6.45) is 2.64. The van der Waals surface area contributed by atoms with Crippen LogP contribution in [0.2, 0.25) is 0 Å². The third-order valence-electron chi connectivity index (χ3n) is 2.89. The van der Waals surface area contributed by atoms with Crippen LogP contribution in [0.25, 0.3) is 0 Å². The van der Waals surface area contributed by atoms with Gasteiger partial charge in [-0.2, -0.15) is 11.8 Å². The van der Waals surface area contributed by atoms with E-state index in [4.69, 9.17) is 14.2 Å². The summed E-state index contributed by atoms with van der Waals surface area (Å²) in [5.41, 5.74) is 0.184. The number of esters is 1. The first kappa shape index (κ1) is 13.8. The predicted octanol–water partition coefficient (Wildman–Crippen LogP) is 1.68. The van der Waals surface area contributed by atoms with Gasteiger partial charge in [-0.05, 0) is 24.0 Å². The highest BCUT2D eigenvalue weighted by molar-refractivity contribution is 7.99. The maximum absolute atomic E-state index is 11.2. The Morgan fingerprint density at radius 1 is 1.31 bits per heavy atom. The molecule has 0 aromatic carbocycles. The van der Waals surface area contributed by atoms with Crippen molar-refractivity contribution in [3.8, 4) is 0 Å². The van der Waals surface area contributed by atoms with Crippen molar-refractivity contribution in [1.82, 2.24) is 0 Å². The first-order valence-corrected chi connectivity index (χ1v) is 6.51. The van der Waals surface area contributed by atoms with Crippen LogP contribution in [0, 0.1) is 5.41 Å². The fourth-order valence-electron chi connectivity index (χ4n) is 1.53. The summed E-state index contributed by atoms with van der Waals surface area (Å²) >= 11 is 1.77. The summed E-state index contributed by atoms with van der Waals surface area (Å²) in [5.74, 6) is 1.68. The van der Waals surface area contributed by atoms with Crippen LogP contribution in [0.4, 0.5) is 0 Å². The van der Waals surface area contributed by atoms with Gasteiger partial charge in [-0.25, -0.2) is 0 Å². The molecular weight excluding hydrogens is 228 g/mol. The van der Waals surface area contributed by atoms with Crippen molar-refractivity contribution in [1.29, 1.82) is 0 Å². The van der Waals surface area contributed by atoms with Crippen LogP contribution in [0.15, 0.2) is 0 Å². The number of methoxy groups -OCH3 is 3. The third-order valence-corrected chi connectivity index (χ3v) is 4.22. The first-order valence-electron chi connectivity index (χ1n) is 5.36. The smallest absolute Gasteiger partial charge is 0.306 e. The van der Waals surface area contributed by atoms with E-state index in [1.807, 2.05) is 0 Å². The Kier molecular flexibility index (Phi) is 5.58. The third kappa shape index (κ3) is 4.31. The molecule has 0 aliphatic heterocycles. The lowest BCUT2D eigenvalue weighted by molar-refractivity contribution is -0.141. The molecule has 1 aliphatic carbocycles. The van der Waals surface area contributed by atoms with Gasteiger partial charge in [0.05, 0.1) is 13.5 Å². The average Bonchev–Trinajstić information content (AvgIpc) is 3.04. The lowest BCUT2D eigenvalue weighted by Gasteiger charge is -2.16. The summed E-state index contributed by atoms with van der Waals surface area (Å²) < 4.78 is 14.9. The molecule has 5 heteroatoms. The maximum atomic E-state index is 11.2. The molecule has 0 amide bonds. The van der Waals surface area contributed by atoms with E-state index in [-0.39, 0.29) is 17.7 Å². The molecule has 0 saturated heterocycles. The van der Waals surface area contributed by atoms with Gasteiger partial charge in [0.25, 0.3) is 0 Å². The molecule has 0 atom stereocenters. The second-order valence-corrected chi connectivity index (χ2v) is 5.20. The highest BCUT2D eigenvalue weighted by Crippen LogP contribution is 2.51. The second-order valence-electron chi connectivity index (χ2n) is 4.17. The molecule has 0 aromatic rings. The molecular formula is C11H20O4S. The summed E-state index contributed by atoms with van der Waals surface area (Å²) in [4.78, 5) is 11.2. The maximum Gasteiger partial charge on any atom is 0.306 e. The summed E-state index contributed by atoms with van der Waals surface area (Å²) in [6, 6.07) is 0. The highest BCUT2D eigenvalue weighted by atomic mass is 32.2. The minimum absolute atomic E-state index is 0.104. The number of rotatable bonds is 8. The van der Waals surface area contributed by atoms with Gasteiger partial charge in [-0.1, -0.05) is 0 Å². The van der Waals surface area contributed by atoms with E-state index < -0.39 is 0 Å². The predicted molar refractivity (Wildman–Crippen MR) is 63.4 cm³/mol. The molecule has 0 spiro atoms. The molecule has 4 nitrogen and oxygen atoms in total. The van der Waals surface area contributed by atoms with E-state index in [1.165, 1.54) is 7.11 Å². The van der Waals surface area contributed by atoms with Gasteiger partial charge in [0.2, 0.25) is 0 Å². The van der Waals surface area contributed by atoms with Crippen LogP contribution in [0.5, 0.6) is 0 Å². The molecule has 1 aliphatic rings. The molecule has 0 unspecified atom stereocenters. The van der Waals surface area contributed by atoms with Crippen molar-refractivity contribution < 1.29 is 19.0 Å². The van der Waals surface area contributed by atoms with Gasteiger partial charge >= 0.3 is 5.97 Å². The number of carbonyl (C=O) groups excluding carboxylic acids is 1. The molecule has 1 saturated carbocycles. The Bertz CT molecular complexity index is 224. The molecule has 0 aromatic heterocycles. The largest absolute Gasteiger partial charge is 0.469 e. The lowest BCUT2D eigenvalue weighted by atomic mass is 10.1. The fourth-order valence-corrected chi connectivity index (χ4v) is 2.94. The minimum atomic E-state index is -0.154. The average molecular weight is 248 g/mol. The van der Waals surface area contributed by atoms with Crippen molar-refractivity contribution in [3.05, 3.63) is 0 Å². The van der Waals surface area contributed by atoms with Crippen LogP contribution in [0.1, 0.15) is 19.3 Å². The van der Waals surface area contributed by atoms with Crippen LogP contribution in [-0.2, 0) is 19.0 Å². The Labute approximate surface area is 101 Å². The fraction of sp³-hybridized carbons (Fsp3) is 0.909. The normalized spacial score (nSPS) is 17.5. The van der Waals surface area contributed by atoms with E-state index in [9.17, 15) is 4.79 Å². The zero-order chi connectivity index (χ0) is 12.0. The van der Waals surface area contributed by atoms with Crippen molar-refractivity contribution in [3.63, 3.8) is 0 Å². The number of hydrogen-bond acceptors (Lipinski definition) is 5. The van der Waals surface area contributed by atoms with Crippen molar-refractivity contribution in [2.24, 2.45) is 5.41 Å². The van der Waals surface area contributed by atoms with Gasteiger partial charge in [-0.3, -0.25) is 4.79 Å². The quantitative estimate of drug-likeness (QED) is 0.483. The molecule has 16 heavy (non-hydrogen) atoms. The Balaban J connectivity index is 2.19. The Morgan fingerprint density at radius 2 is 1.94 bits per heavy atom. The Hall–Kier alpha value is -0.260. The monoisotopic (exact) mass is 248 g/mol. The standard InChI is InChI=1S/C11H20O4S/c1-13-9(12)6-11(4-5-11)8-16-7-10(14-2)15-3/h10H,4-8H2,1-3H3. The first-order chi connectivity index (χ1) is 7.65.